The molecule has 3 aliphatic rings. The molecule has 4 heteroatoms. The van der Waals surface area contributed by atoms with Crippen molar-refractivity contribution in [1.82, 2.24) is 9.80 Å². The lowest BCUT2D eigenvalue weighted by molar-refractivity contribution is -0.137. The quantitative estimate of drug-likeness (QED) is 0.846. The number of nitrogens with zero attached hydrogens (tertiary/aromatic N) is 3. The predicted octanol–water partition coefficient (Wildman–Crippen LogP) is 2.74. The standard InChI is InChI=1S/C21H30N3O/c1-22-13-15-24(16-14-22)21(25)18-9-11-23(12-10-18)20-8-3-2-7-19(20)17-5-4-6-17/h3,7-8,17-18H,4-6,9-16H2,1H3. The van der Waals surface area contributed by atoms with Gasteiger partial charge in [-0.15, -0.1) is 0 Å². The van der Waals surface area contributed by atoms with Crippen LogP contribution in [0.1, 0.15) is 43.6 Å². The molecule has 1 aromatic rings. The van der Waals surface area contributed by atoms with Crippen LogP contribution < -0.4 is 4.90 Å². The average Bonchev–Trinajstić information content (AvgIpc) is 2.61. The van der Waals surface area contributed by atoms with Crippen molar-refractivity contribution < 1.29 is 4.79 Å². The van der Waals surface area contributed by atoms with Crippen LogP contribution in [0.2, 0.25) is 0 Å². The van der Waals surface area contributed by atoms with Crippen LogP contribution in [0.5, 0.6) is 0 Å². The molecule has 1 amide bonds. The van der Waals surface area contributed by atoms with E-state index in [9.17, 15) is 4.79 Å². The number of rotatable bonds is 3. The molecule has 3 fully saturated rings. The molecule has 1 aliphatic carbocycles. The van der Waals surface area contributed by atoms with Crippen LogP contribution in [0, 0.1) is 12.0 Å². The van der Waals surface area contributed by atoms with Crippen molar-refractivity contribution >= 4 is 11.6 Å². The van der Waals surface area contributed by atoms with Crippen molar-refractivity contribution in [2.45, 2.75) is 38.0 Å². The highest BCUT2D eigenvalue weighted by molar-refractivity contribution is 5.79. The molecule has 0 atom stereocenters. The molecule has 1 aromatic carbocycles. The molecular formula is C21H30N3O. The normalized spacial score (nSPS) is 23.6. The highest BCUT2D eigenvalue weighted by atomic mass is 16.2. The Labute approximate surface area is 151 Å². The Morgan fingerprint density at radius 3 is 2.40 bits per heavy atom. The number of anilines is 1. The fraction of sp³-hybridized carbons (Fsp3) is 0.667. The van der Waals surface area contributed by atoms with E-state index in [0.717, 1.165) is 58.0 Å². The summed E-state index contributed by atoms with van der Waals surface area (Å²) in [6, 6.07) is 9.74. The second kappa shape index (κ2) is 7.36. The Morgan fingerprint density at radius 2 is 1.76 bits per heavy atom. The van der Waals surface area contributed by atoms with Gasteiger partial charge in [0.2, 0.25) is 5.91 Å². The van der Waals surface area contributed by atoms with Crippen LogP contribution in [0.3, 0.4) is 0 Å². The molecule has 4 nitrogen and oxygen atoms in total. The van der Waals surface area contributed by atoms with E-state index < -0.39 is 0 Å². The smallest absolute Gasteiger partial charge is 0.225 e. The number of hydrogen-bond acceptors (Lipinski definition) is 3. The summed E-state index contributed by atoms with van der Waals surface area (Å²) in [5, 5.41) is 0. The van der Waals surface area contributed by atoms with Gasteiger partial charge in [0.25, 0.3) is 0 Å². The Balaban J connectivity index is 1.36. The summed E-state index contributed by atoms with van der Waals surface area (Å²) in [4.78, 5) is 19.7. The molecule has 1 radical (unpaired) electrons. The third-order valence-electron chi connectivity index (χ3n) is 6.42. The Kier molecular flexibility index (Phi) is 4.98. The third-order valence-corrected chi connectivity index (χ3v) is 6.42. The Bertz CT molecular complexity index is 597. The van der Waals surface area contributed by atoms with Crippen molar-refractivity contribution in [3.8, 4) is 0 Å². The topological polar surface area (TPSA) is 26.8 Å². The minimum absolute atomic E-state index is 0.224. The summed E-state index contributed by atoms with van der Waals surface area (Å²) in [6.45, 7) is 5.83. The largest absolute Gasteiger partial charge is 0.371 e. The summed E-state index contributed by atoms with van der Waals surface area (Å²) in [6.07, 6.45) is 5.99. The summed E-state index contributed by atoms with van der Waals surface area (Å²) in [5.74, 6) is 1.35. The third kappa shape index (κ3) is 3.55. The fourth-order valence-corrected chi connectivity index (χ4v) is 4.42. The lowest BCUT2D eigenvalue weighted by Gasteiger charge is -2.39. The second-order valence-corrected chi connectivity index (χ2v) is 8.00. The molecule has 0 spiro atoms. The number of amides is 1. The first kappa shape index (κ1) is 16.9. The van der Waals surface area contributed by atoms with Crippen molar-refractivity contribution in [2.75, 3.05) is 51.2 Å². The zero-order valence-electron chi connectivity index (χ0n) is 15.4. The van der Waals surface area contributed by atoms with Crippen LogP contribution in [0.25, 0.3) is 0 Å². The zero-order chi connectivity index (χ0) is 17.2. The number of likely N-dealkylation sites (N-methyl/N-ethyl adjacent to an activating group) is 1. The molecule has 2 aliphatic heterocycles. The van der Waals surface area contributed by atoms with Gasteiger partial charge in [-0.05, 0) is 62.4 Å². The van der Waals surface area contributed by atoms with Crippen molar-refractivity contribution in [2.24, 2.45) is 5.92 Å². The molecule has 0 bridgehead atoms. The number of piperidine rings is 1. The van der Waals surface area contributed by atoms with E-state index in [1.807, 2.05) is 6.07 Å². The average molecular weight is 340 g/mol. The molecule has 2 heterocycles. The Morgan fingerprint density at radius 1 is 1.04 bits per heavy atom. The zero-order valence-corrected chi connectivity index (χ0v) is 15.4. The van der Waals surface area contributed by atoms with Crippen molar-refractivity contribution in [3.05, 3.63) is 29.8 Å². The van der Waals surface area contributed by atoms with Gasteiger partial charge >= 0.3 is 0 Å². The maximum Gasteiger partial charge on any atom is 0.225 e. The molecule has 0 unspecified atom stereocenters. The number of piperazine rings is 1. The van der Waals surface area contributed by atoms with Crippen LogP contribution in [0.15, 0.2) is 18.2 Å². The van der Waals surface area contributed by atoms with Crippen LogP contribution in [-0.4, -0.2) is 62.0 Å². The summed E-state index contributed by atoms with van der Waals surface area (Å²) in [5.41, 5.74) is 2.88. The molecule has 4 rings (SSSR count). The first-order valence-electron chi connectivity index (χ1n) is 9.94. The Hall–Kier alpha value is -1.55. The van der Waals surface area contributed by atoms with Gasteiger partial charge in [0.15, 0.2) is 0 Å². The fourth-order valence-electron chi connectivity index (χ4n) is 4.42. The van der Waals surface area contributed by atoms with Gasteiger partial charge in [-0.2, -0.15) is 0 Å². The van der Waals surface area contributed by atoms with Crippen LogP contribution in [0.4, 0.5) is 5.69 Å². The number of carbonyl (C=O) groups excluding carboxylic acids is 1. The second-order valence-electron chi connectivity index (χ2n) is 8.00. The number of hydrogen-bond donors (Lipinski definition) is 0. The van der Waals surface area contributed by atoms with Crippen molar-refractivity contribution in [3.63, 3.8) is 0 Å². The van der Waals surface area contributed by atoms with Crippen LogP contribution in [-0.2, 0) is 4.79 Å². The maximum atomic E-state index is 12.8. The molecule has 2 saturated heterocycles. The van der Waals surface area contributed by atoms with Gasteiger partial charge in [-0.3, -0.25) is 4.79 Å². The lowest BCUT2D eigenvalue weighted by atomic mass is 9.79. The molecule has 0 N–H and O–H groups in total. The number of carbonyl (C=O) groups is 1. The SMILES string of the molecule is CN1CCN(C(=O)C2CCN(c3cc[c]cc3C3CCC3)CC2)CC1. The highest BCUT2D eigenvalue weighted by Gasteiger charge is 2.31. The number of benzene rings is 1. The molecular weight excluding hydrogens is 310 g/mol. The van der Waals surface area contributed by atoms with E-state index in [0.29, 0.717) is 5.91 Å². The van der Waals surface area contributed by atoms with E-state index in [2.05, 4.69) is 39.9 Å². The van der Waals surface area contributed by atoms with Crippen LogP contribution >= 0.6 is 0 Å². The van der Waals surface area contributed by atoms with Gasteiger partial charge in [0.1, 0.15) is 0 Å². The van der Waals surface area contributed by atoms with Crippen molar-refractivity contribution in [1.29, 1.82) is 0 Å². The summed E-state index contributed by atoms with van der Waals surface area (Å²) in [7, 11) is 2.14. The first-order chi connectivity index (χ1) is 12.2. The molecule has 25 heavy (non-hydrogen) atoms. The first-order valence-corrected chi connectivity index (χ1v) is 9.94. The van der Waals surface area contributed by atoms with E-state index in [4.69, 9.17) is 0 Å². The lowest BCUT2D eigenvalue weighted by Crippen LogP contribution is -2.50. The predicted molar refractivity (Wildman–Crippen MR) is 101 cm³/mol. The molecule has 0 aromatic heterocycles. The highest BCUT2D eigenvalue weighted by Crippen LogP contribution is 2.41. The monoisotopic (exact) mass is 340 g/mol. The summed E-state index contributed by atoms with van der Waals surface area (Å²) < 4.78 is 0. The van der Waals surface area contributed by atoms with E-state index in [-0.39, 0.29) is 5.92 Å². The molecule has 1 saturated carbocycles. The van der Waals surface area contributed by atoms with Gasteiger partial charge in [-0.1, -0.05) is 12.5 Å². The van der Waals surface area contributed by atoms with E-state index >= 15 is 0 Å². The summed E-state index contributed by atoms with van der Waals surface area (Å²) >= 11 is 0. The minimum Gasteiger partial charge on any atom is -0.371 e. The minimum atomic E-state index is 0.224. The van der Waals surface area contributed by atoms with E-state index in [1.54, 1.807) is 0 Å². The van der Waals surface area contributed by atoms with Gasteiger partial charge < -0.3 is 14.7 Å². The molecule has 135 valence electrons. The van der Waals surface area contributed by atoms with Gasteiger partial charge in [0, 0.05) is 50.9 Å². The van der Waals surface area contributed by atoms with E-state index in [1.165, 1.54) is 30.5 Å². The maximum absolute atomic E-state index is 12.8. The van der Waals surface area contributed by atoms with Gasteiger partial charge in [0.05, 0.1) is 0 Å². The van der Waals surface area contributed by atoms with Gasteiger partial charge in [-0.25, -0.2) is 0 Å².